The van der Waals surface area contributed by atoms with Gasteiger partial charge in [0.25, 0.3) is 0 Å². The number of hydrogen-bond donors (Lipinski definition) is 4. The number of nitrogens with one attached hydrogen (secondary N) is 4. The minimum atomic E-state index is -0.689. The summed E-state index contributed by atoms with van der Waals surface area (Å²) in [5, 5.41) is 6.02. The molecule has 6 atom stereocenters. The van der Waals surface area contributed by atoms with E-state index in [4.69, 9.17) is 19.4 Å². The van der Waals surface area contributed by atoms with Crippen molar-refractivity contribution in [2.24, 2.45) is 23.7 Å². The summed E-state index contributed by atoms with van der Waals surface area (Å²) in [5.74, 6) is 2.82. The van der Waals surface area contributed by atoms with Crippen LogP contribution in [-0.4, -0.2) is 87.0 Å². The molecule has 4 fully saturated rings. The minimum Gasteiger partial charge on any atom is -0.483 e. The number of imidazole rings is 2. The van der Waals surface area contributed by atoms with Gasteiger partial charge in [-0.15, -0.1) is 0 Å². The average molecular weight is 865 g/mol. The number of aromatic amines is 2. The normalized spacial score (nSPS) is 24.4. The highest BCUT2D eigenvalue weighted by atomic mass is 16.5. The van der Waals surface area contributed by atoms with Crippen molar-refractivity contribution in [3.8, 4) is 33.6 Å². The molecule has 2 aliphatic heterocycles. The lowest BCUT2D eigenvalue weighted by molar-refractivity contribution is -0.141. The van der Waals surface area contributed by atoms with Crippen LogP contribution in [0, 0.1) is 23.7 Å². The zero-order chi connectivity index (χ0) is 44.7. The molecule has 2 aromatic heterocycles. The van der Waals surface area contributed by atoms with Crippen LogP contribution >= 0.6 is 0 Å². The van der Waals surface area contributed by atoms with Crippen LogP contribution in [0.4, 0.5) is 4.79 Å². The molecule has 13 nitrogen and oxygen atoms in total. The van der Waals surface area contributed by atoms with E-state index in [1.54, 1.807) is 7.11 Å². The molecule has 2 saturated heterocycles. The number of likely N-dealkylation sites (tertiary alicyclic amines) is 2. The lowest BCUT2D eigenvalue weighted by atomic mass is 9.87. The molecule has 4 heterocycles. The Labute approximate surface area is 375 Å². The van der Waals surface area contributed by atoms with Gasteiger partial charge in [-0.05, 0) is 115 Å². The number of aromatic nitrogens is 4. The first-order chi connectivity index (χ1) is 30.8. The van der Waals surface area contributed by atoms with E-state index in [2.05, 4.69) is 80.6 Å². The third kappa shape index (κ3) is 6.59. The highest BCUT2D eigenvalue weighted by Crippen LogP contribution is 2.54. The van der Waals surface area contributed by atoms with E-state index in [1.165, 1.54) is 40.5 Å². The lowest BCUT2D eigenvalue weighted by Crippen LogP contribution is -2.56. The molecule has 4 aliphatic carbocycles. The van der Waals surface area contributed by atoms with E-state index < -0.39 is 29.3 Å². The second kappa shape index (κ2) is 15.8. The van der Waals surface area contributed by atoms with Gasteiger partial charge >= 0.3 is 6.09 Å². The summed E-state index contributed by atoms with van der Waals surface area (Å²) in [5.41, 5.74) is 10.2. The summed E-state index contributed by atoms with van der Waals surface area (Å²) in [6.07, 6.45) is 19.6. The second-order valence-corrected chi connectivity index (χ2v) is 19.6. The third-order valence-electron chi connectivity index (χ3n) is 15.3. The predicted molar refractivity (Wildman–Crippen MR) is 246 cm³/mol. The van der Waals surface area contributed by atoms with Crippen LogP contribution < -0.4 is 10.6 Å². The number of amides is 3. The molecule has 334 valence electrons. The molecule has 3 amide bonds. The summed E-state index contributed by atoms with van der Waals surface area (Å²) >= 11 is 0. The summed E-state index contributed by atoms with van der Waals surface area (Å²) in [6, 6.07) is 7.76. The van der Waals surface area contributed by atoms with Crippen molar-refractivity contribution in [3.05, 3.63) is 95.2 Å². The number of ether oxygens (including phenoxy) is 2. The molecular weight excluding hydrogens is 805 g/mol. The number of allylic oxidation sites excluding steroid dienone is 2. The SMILES string of the molecule is C=C(N[C@H](C(=O)N1C[C@@H]2CC[C@@]1(c1nc(-c3ccc(-c4ccc(-c5c[nH]c([C@@]67CC[C@@H](CN6C(=O)[C@@H](NC(=O)OC)C(C)C)C7)n5)c5c4C=CC5)c4c3CC=C4)c[nH]1)C2)C(C)C)OC. The van der Waals surface area contributed by atoms with E-state index in [-0.39, 0.29) is 23.7 Å². The topological polar surface area (TPSA) is 158 Å². The van der Waals surface area contributed by atoms with Crippen LogP contribution in [0.2, 0.25) is 0 Å². The summed E-state index contributed by atoms with van der Waals surface area (Å²) in [6.45, 7) is 13.3. The molecule has 4 aromatic rings. The molecule has 2 aromatic carbocycles. The first kappa shape index (κ1) is 41.9. The van der Waals surface area contributed by atoms with Crippen LogP contribution in [0.1, 0.15) is 100 Å². The van der Waals surface area contributed by atoms with Crippen LogP contribution in [0.3, 0.4) is 0 Å². The zero-order valence-corrected chi connectivity index (χ0v) is 37.8. The van der Waals surface area contributed by atoms with Gasteiger partial charge in [-0.1, -0.05) is 76.3 Å². The molecule has 10 rings (SSSR count). The largest absolute Gasteiger partial charge is 0.483 e. The van der Waals surface area contributed by atoms with Crippen LogP contribution in [0.25, 0.3) is 45.8 Å². The number of fused-ring (bicyclic) bond motifs is 6. The fourth-order valence-electron chi connectivity index (χ4n) is 12.1. The van der Waals surface area contributed by atoms with E-state index in [0.717, 1.165) is 92.1 Å². The van der Waals surface area contributed by atoms with Crippen LogP contribution in [-0.2, 0) is 43.0 Å². The predicted octanol–water partition coefficient (Wildman–Crippen LogP) is 8.06. The van der Waals surface area contributed by atoms with Crippen LogP contribution in [0.15, 0.2) is 61.3 Å². The molecule has 13 heteroatoms. The van der Waals surface area contributed by atoms with Crippen molar-refractivity contribution < 1.29 is 23.9 Å². The number of carbonyl (C=O) groups is 3. The lowest BCUT2D eigenvalue weighted by Gasteiger charge is -2.40. The molecule has 2 saturated carbocycles. The van der Waals surface area contributed by atoms with Gasteiger partial charge in [0.05, 0.1) is 25.6 Å². The number of nitrogens with zero attached hydrogens (tertiary/aromatic N) is 4. The summed E-state index contributed by atoms with van der Waals surface area (Å²) in [4.78, 5) is 62.4. The van der Waals surface area contributed by atoms with Crippen molar-refractivity contribution in [3.63, 3.8) is 0 Å². The molecular formula is C51H60N8O5. The number of rotatable bonds is 13. The van der Waals surface area contributed by atoms with Crippen molar-refractivity contribution in [1.82, 2.24) is 40.4 Å². The van der Waals surface area contributed by atoms with Gasteiger partial charge in [0, 0.05) is 36.6 Å². The van der Waals surface area contributed by atoms with Crippen molar-refractivity contribution >= 4 is 30.1 Å². The Kier molecular flexibility index (Phi) is 10.4. The quantitative estimate of drug-likeness (QED) is 0.0984. The number of hydrogen-bond acceptors (Lipinski definition) is 8. The van der Waals surface area contributed by atoms with Crippen molar-refractivity contribution in [1.29, 1.82) is 0 Å². The monoisotopic (exact) mass is 864 g/mol. The maximum atomic E-state index is 14.3. The van der Waals surface area contributed by atoms with E-state index in [9.17, 15) is 14.4 Å². The van der Waals surface area contributed by atoms with Gasteiger partial charge in [0.1, 0.15) is 34.8 Å². The van der Waals surface area contributed by atoms with Gasteiger partial charge in [0.15, 0.2) is 5.88 Å². The average Bonchev–Trinajstić information content (AvgIpc) is 4.15. The minimum absolute atomic E-state index is 0.0479. The van der Waals surface area contributed by atoms with E-state index >= 15 is 0 Å². The van der Waals surface area contributed by atoms with Gasteiger partial charge in [-0.2, -0.15) is 0 Å². The molecule has 4 N–H and O–H groups in total. The second-order valence-electron chi connectivity index (χ2n) is 19.6. The Morgan fingerprint density at radius 3 is 1.58 bits per heavy atom. The van der Waals surface area contributed by atoms with Crippen molar-refractivity contribution in [2.45, 2.75) is 102 Å². The fraction of sp³-hybridized carbons (Fsp3) is 0.471. The number of alkyl carbamates (subject to hydrolysis) is 1. The molecule has 64 heavy (non-hydrogen) atoms. The highest BCUT2D eigenvalue weighted by molar-refractivity contribution is 5.92. The Balaban J connectivity index is 0.935. The Hall–Kier alpha value is -6.11. The number of carbonyl (C=O) groups excluding carboxylic acids is 3. The standard InChI is InChI=1S/C51H60N8O5/c1-28(2)43(54-30(5)63-6)45(60)58-26-31-18-20-50(58,22-31)47-52-24-41(55-47)39-16-14-37(33-10-8-12-35(33)39)38-15-17-40(36-13-9-11-34(36)38)42-25-53-48(56-42)51-21-19-32(23-51)27-59(51)46(61)44(29(3)4)57-49(62)64-7/h8-11,14-17,24-25,28-29,31-32,43-44,54H,5,12-13,18-23,26-27H2,1-4,6-7H3,(H,52,55)(H,53,56)(H,57,62)/t31-,32-,43+,44+,50+,51+/m1/s1. The maximum absolute atomic E-state index is 14.3. The molecule has 4 bridgehead atoms. The molecule has 0 radical (unpaired) electrons. The Bertz CT molecular complexity index is 2440. The molecule has 6 aliphatic rings. The molecule has 0 unspecified atom stereocenters. The number of H-pyrrole nitrogens is 2. The fourth-order valence-corrected chi connectivity index (χ4v) is 12.1. The van der Waals surface area contributed by atoms with Crippen LogP contribution in [0.5, 0.6) is 0 Å². The first-order valence-electron chi connectivity index (χ1n) is 23.1. The highest BCUT2D eigenvalue weighted by Gasteiger charge is 2.58. The van der Waals surface area contributed by atoms with Crippen molar-refractivity contribution in [2.75, 3.05) is 27.3 Å². The third-order valence-corrected chi connectivity index (χ3v) is 15.3. The number of benzene rings is 2. The first-order valence-corrected chi connectivity index (χ1v) is 23.1. The zero-order valence-electron chi connectivity index (χ0n) is 37.8. The van der Waals surface area contributed by atoms with E-state index in [1.807, 2.05) is 45.0 Å². The Morgan fingerprint density at radius 1 is 0.703 bits per heavy atom. The maximum Gasteiger partial charge on any atom is 0.407 e. The van der Waals surface area contributed by atoms with Gasteiger partial charge in [-0.25, -0.2) is 14.8 Å². The summed E-state index contributed by atoms with van der Waals surface area (Å²) < 4.78 is 10.2. The van der Waals surface area contributed by atoms with Gasteiger partial charge < -0.3 is 39.9 Å². The number of methoxy groups -OCH3 is 2. The smallest absolute Gasteiger partial charge is 0.407 e. The van der Waals surface area contributed by atoms with Gasteiger partial charge in [0.2, 0.25) is 11.8 Å². The Morgan fingerprint density at radius 2 is 1.16 bits per heavy atom. The van der Waals surface area contributed by atoms with E-state index in [0.29, 0.717) is 24.3 Å². The molecule has 0 spiro atoms. The van der Waals surface area contributed by atoms with Gasteiger partial charge in [-0.3, -0.25) is 9.59 Å². The number of piperidine rings is 2. The summed E-state index contributed by atoms with van der Waals surface area (Å²) in [7, 11) is 2.88.